The van der Waals surface area contributed by atoms with Gasteiger partial charge in [-0.15, -0.1) is 0 Å². The SMILES string of the molecule is COC(=O)C1=CC(C(=O)OC)C(C(=O)OC)=C1C(=O)OC. The van der Waals surface area contributed by atoms with Gasteiger partial charge in [-0.05, 0) is 0 Å². The van der Waals surface area contributed by atoms with E-state index in [2.05, 4.69) is 18.9 Å². The van der Waals surface area contributed by atoms with E-state index in [4.69, 9.17) is 0 Å². The molecule has 0 N–H and O–H groups in total. The Morgan fingerprint density at radius 3 is 1.76 bits per heavy atom. The molecule has 1 unspecified atom stereocenters. The normalized spacial score (nSPS) is 17.0. The highest BCUT2D eigenvalue weighted by molar-refractivity contribution is 6.16. The third-order valence-electron chi connectivity index (χ3n) is 2.84. The number of rotatable bonds is 4. The average Bonchev–Trinajstić information content (AvgIpc) is 2.91. The number of carbonyl (C=O) groups excluding carboxylic acids is 4. The summed E-state index contributed by atoms with van der Waals surface area (Å²) >= 11 is 0. The van der Waals surface area contributed by atoms with Gasteiger partial charge in [0.2, 0.25) is 0 Å². The molecule has 0 heterocycles. The standard InChI is InChI=1S/C13H14O8/c1-18-10(14)6-5-7(11(15)19-2)9(13(17)21-4)8(6)12(16)20-3/h5-6H,1-4H3. The maximum Gasteiger partial charge on any atom is 0.339 e. The van der Waals surface area contributed by atoms with Gasteiger partial charge in [0.1, 0.15) is 5.92 Å². The first-order valence-corrected chi connectivity index (χ1v) is 5.72. The van der Waals surface area contributed by atoms with Gasteiger partial charge in [0.25, 0.3) is 0 Å². The zero-order chi connectivity index (χ0) is 16.2. The molecule has 0 aliphatic heterocycles. The molecule has 21 heavy (non-hydrogen) atoms. The van der Waals surface area contributed by atoms with E-state index in [1.165, 1.54) is 0 Å². The highest BCUT2D eigenvalue weighted by Gasteiger charge is 2.42. The van der Waals surface area contributed by atoms with E-state index in [0.29, 0.717) is 0 Å². The van der Waals surface area contributed by atoms with Crippen LogP contribution in [-0.2, 0) is 38.1 Å². The number of methoxy groups -OCH3 is 4. The first kappa shape index (κ1) is 16.4. The lowest BCUT2D eigenvalue weighted by Crippen LogP contribution is -2.23. The largest absolute Gasteiger partial charge is 0.468 e. The first-order valence-electron chi connectivity index (χ1n) is 5.72. The molecule has 114 valence electrons. The maximum absolute atomic E-state index is 11.9. The zero-order valence-corrected chi connectivity index (χ0v) is 11.9. The van der Waals surface area contributed by atoms with Gasteiger partial charge in [0, 0.05) is 0 Å². The van der Waals surface area contributed by atoms with E-state index >= 15 is 0 Å². The van der Waals surface area contributed by atoms with E-state index in [-0.39, 0.29) is 16.7 Å². The Kier molecular flexibility index (Phi) is 5.23. The Morgan fingerprint density at radius 1 is 0.810 bits per heavy atom. The lowest BCUT2D eigenvalue weighted by molar-refractivity contribution is -0.146. The smallest absolute Gasteiger partial charge is 0.339 e. The quantitative estimate of drug-likeness (QED) is 0.506. The summed E-state index contributed by atoms with van der Waals surface area (Å²) in [5.41, 5.74) is -0.941. The van der Waals surface area contributed by atoms with Crippen molar-refractivity contribution in [3.63, 3.8) is 0 Å². The van der Waals surface area contributed by atoms with Crippen molar-refractivity contribution in [2.45, 2.75) is 0 Å². The Morgan fingerprint density at radius 2 is 1.33 bits per heavy atom. The Hall–Kier alpha value is -2.64. The summed E-state index contributed by atoms with van der Waals surface area (Å²) < 4.78 is 18.2. The predicted molar refractivity (Wildman–Crippen MR) is 66.7 cm³/mol. The van der Waals surface area contributed by atoms with Crippen LogP contribution in [0.1, 0.15) is 0 Å². The van der Waals surface area contributed by atoms with Crippen LogP contribution in [0.15, 0.2) is 22.8 Å². The minimum absolute atomic E-state index is 0.250. The van der Waals surface area contributed by atoms with Gasteiger partial charge in [-0.2, -0.15) is 0 Å². The van der Waals surface area contributed by atoms with E-state index < -0.39 is 29.8 Å². The Labute approximate surface area is 120 Å². The van der Waals surface area contributed by atoms with Crippen molar-refractivity contribution in [3.05, 3.63) is 22.8 Å². The van der Waals surface area contributed by atoms with Gasteiger partial charge in [-0.1, -0.05) is 6.08 Å². The van der Waals surface area contributed by atoms with Crippen molar-refractivity contribution >= 4 is 23.9 Å². The monoisotopic (exact) mass is 298 g/mol. The molecule has 1 aliphatic rings. The summed E-state index contributed by atoms with van der Waals surface area (Å²) in [6.07, 6.45) is 1.11. The summed E-state index contributed by atoms with van der Waals surface area (Å²) in [5, 5.41) is 0. The van der Waals surface area contributed by atoms with Crippen molar-refractivity contribution in [2.75, 3.05) is 28.4 Å². The number of ether oxygens (including phenoxy) is 4. The molecule has 0 aromatic heterocycles. The molecular formula is C13H14O8. The molecule has 0 bridgehead atoms. The molecule has 0 aromatic carbocycles. The van der Waals surface area contributed by atoms with Gasteiger partial charge in [-0.3, -0.25) is 4.79 Å². The van der Waals surface area contributed by atoms with E-state index in [9.17, 15) is 19.2 Å². The Balaban J connectivity index is 3.54. The summed E-state index contributed by atoms with van der Waals surface area (Å²) in [4.78, 5) is 47.2. The molecular weight excluding hydrogens is 284 g/mol. The minimum atomic E-state index is -1.24. The molecule has 8 nitrogen and oxygen atoms in total. The zero-order valence-electron chi connectivity index (χ0n) is 11.9. The topological polar surface area (TPSA) is 105 Å². The molecule has 0 amide bonds. The van der Waals surface area contributed by atoms with E-state index in [1.54, 1.807) is 0 Å². The third-order valence-corrected chi connectivity index (χ3v) is 2.84. The molecule has 1 aliphatic carbocycles. The van der Waals surface area contributed by atoms with Crippen molar-refractivity contribution in [3.8, 4) is 0 Å². The predicted octanol–water partition coefficient (Wildman–Crippen LogP) is -0.469. The summed E-state index contributed by atoms with van der Waals surface area (Å²) in [5.74, 6) is -4.86. The molecule has 1 atom stereocenters. The molecule has 0 radical (unpaired) electrons. The molecule has 0 spiro atoms. The third kappa shape index (κ3) is 2.93. The number of hydrogen-bond donors (Lipinski definition) is 0. The van der Waals surface area contributed by atoms with Crippen LogP contribution in [0.4, 0.5) is 0 Å². The van der Waals surface area contributed by atoms with E-state index in [0.717, 1.165) is 34.5 Å². The lowest BCUT2D eigenvalue weighted by atomic mass is 10.00. The summed E-state index contributed by atoms with van der Waals surface area (Å²) in [6.45, 7) is 0. The van der Waals surface area contributed by atoms with Crippen LogP contribution < -0.4 is 0 Å². The molecule has 0 fully saturated rings. The van der Waals surface area contributed by atoms with Crippen molar-refractivity contribution < 1.29 is 38.1 Å². The van der Waals surface area contributed by atoms with Crippen molar-refractivity contribution in [1.82, 2.24) is 0 Å². The van der Waals surface area contributed by atoms with Crippen LogP contribution in [0.2, 0.25) is 0 Å². The fourth-order valence-electron chi connectivity index (χ4n) is 1.89. The molecule has 1 rings (SSSR count). The molecule has 0 saturated carbocycles. The fourth-order valence-corrected chi connectivity index (χ4v) is 1.89. The van der Waals surface area contributed by atoms with Crippen LogP contribution in [-0.4, -0.2) is 52.3 Å². The molecule has 0 saturated heterocycles. The fraction of sp³-hybridized carbons (Fsp3) is 0.385. The average molecular weight is 298 g/mol. The van der Waals surface area contributed by atoms with Crippen molar-refractivity contribution in [2.24, 2.45) is 5.92 Å². The van der Waals surface area contributed by atoms with E-state index in [1.807, 2.05) is 0 Å². The summed E-state index contributed by atoms with van der Waals surface area (Å²) in [7, 11) is 4.36. The highest BCUT2D eigenvalue weighted by Crippen LogP contribution is 2.34. The van der Waals surface area contributed by atoms with Crippen LogP contribution in [0, 0.1) is 5.92 Å². The maximum atomic E-state index is 11.9. The van der Waals surface area contributed by atoms with Crippen LogP contribution in [0.25, 0.3) is 0 Å². The van der Waals surface area contributed by atoms with Gasteiger partial charge >= 0.3 is 23.9 Å². The molecule has 8 heteroatoms. The van der Waals surface area contributed by atoms with Crippen molar-refractivity contribution in [1.29, 1.82) is 0 Å². The lowest BCUT2D eigenvalue weighted by Gasteiger charge is -2.11. The number of hydrogen-bond acceptors (Lipinski definition) is 8. The second-order valence-corrected chi connectivity index (χ2v) is 3.84. The van der Waals surface area contributed by atoms with Crippen LogP contribution >= 0.6 is 0 Å². The second-order valence-electron chi connectivity index (χ2n) is 3.84. The van der Waals surface area contributed by atoms with Crippen LogP contribution in [0.3, 0.4) is 0 Å². The molecule has 0 aromatic rings. The summed E-state index contributed by atoms with van der Waals surface area (Å²) in [6, 6.07) is 0. The minimum Gasteiger partial charge on any atom is -0.468 e. The van der Waals surface area contributed by atoms with Gasteiger partial charge in [-0.25, -0.2) is 14.4 Å². The number of carbonyl (C=O) groups is 4. The van der Waals surface area contributed by atoms with Gasteiger partial charge in [0.05, 0.1) is 45.2 Å². The Bertz CT molecular complexity index is 555. The number of esters is 4. The highest BCUT2D eigenvalue weighted by atomic mass is 16.5. The van der Waals surface area contributed by atoms with Gasteiger partial charge in [0.15, 0.2) is 0 Å². The second kappa shape index (κ2) is 6.69. The van der Waals surface area contributed by atoms with Crippen LogP contribution in [0.5, 0.6) is 0 Å². The first-order chi connectivity index (χ1) is 9.92. The van der Waals surface area contributed by atoms with Gasteiger partial charge < -0.3 is 18.9 Å².